The molecule has 4 rings (SSSR count). The molecule has 0 radical (unpaired) electrons. The van der Waals surface area contributed by atoms with E-state index in [9.17, 15) is 19.5 Å². The molecule has 300 valence electrons. The van der Waals surface area contributed by atoms with Crippen LogP contribution in [0.15, 0.2) is 24.3 Å². The first-order chi connectivity index (χ1) is 25.0. The van der Waals surface area contributed by atoms with Gasteiger partial charge in [0.1, 0.15) is 23.9 Å². The van der Waals surface area contributed by atoms with Gasteiger partial charge in [0.2, 0.25) is 0 Å². The average Bonchev–Trinajstić information content (AvgIpc) is 3.45. The number of nitrogens with zero attached hydrogens (tertiary/aromatic N) is 1. The molecule has 3 saturated heterocycles. The van der Waals surface area contributed by atoms with E-state index in [1.165, 1.54) is 6.92 Å². The number of carbonyl (C=O) groups is 3. The van der Waals surface area contributed by atoms with Gasteiger partial charge in [-0.1, -0.05) is 32.9 Å². The Morgan fingerprint density at radius 1 is 1.09 bits per heavy atom. The molecule has 0 aliphatic carbocycles. The number of likely N-dealkylation sites (N-methyl/N-ethyl adjacent to an activating group) is 1. The minimum Gasteiger partial charge on any atom is -0.497 e. The molecule has 1 aromatic rings. The molecule has 4 N–H and O–H groups in total. The molecule has 3 fully saturated rings. The molecule has 14 heteroatoms. The molecule has 0 aromatic heterocycles. The summed E-state index contributed by atoms with van der Waals surface area (Å²) in [5.41, 5.74) is -1.17. The number of carbonyl (C=O) groups excluding carboxylic acids is 3. The maximum atomic E-state index is 14.3. The smallest absolute Gasteiger partial charge is 0.408 e. The van der Waals surface area contributed by atoms with Gasteiger partial charge in [0.05, 0.1) is 31.0 Å². The first kappa shape index (κ1) is 42.9. The first-order valence-corrected chi connectivity index (χ1v) is 19.0. The number of hydrogen-bond acceptors (Lipinski definition) is 13. The summed E-state index contributed by atoms with van der Waals surface area (Å²) in [4.78, 5) is 42.5. The van der Waals surface area contributed by atoms with Crippen molar-refractivity contribution in [3.05, 3.63) is 29.8 Å². The summed E-state index contributed by atoms with van der Waals surface area (Å²) in [6.45, 7) is 14.4. The van der Waals surface area contributed by atoms with E-state index in [-0.39, 0.29) is 24.1 Å². The van der Waals surface area contributed by atoms with Crippen molar-refractivity contribution in [2.45, 2.75) is 134 Å². The van der Waals surface area contributed by atoms with Crippen molar-refractivity contribution < 1.29 is 47.9 Å². The Bertz CT molecular complexity index is 1400. The summed E-state index contributed by atoms with van der Waals surface area (Å²) in [5.74, 6) is -2.39. The van der Waals surface area contributed by atoms with E-state index < -0.39 is 71.5 Å². The van der Waals surface area contributed by atoms with Crippen LogP contribution in [0.2, 0.25) is 0 Å². The van der Waals surface area contributed by atoms with Crippen LogP contribution >= 0.6 is 0 Å². The van der Waals surface area contributed by atoms with E-state index in [1.807, 2.05) is 64.0 Å². The number of rotatable bonds is 10. The molecule has 3 heterocycles. The lowest BCUT2D eigenvalue weighted by atomic mass is 9.78. The monoisotopic (exact) mass is 748 g/mol. The Balaban J connectivity index is 1.63. The van der Waals surface area contributed by atoms with Crippen LogP contribution in [0.4, 0.5) is 4.79 Å². The van der Waals surface area contributed by atoms with Crippen molar-refractivity contribution in [1.29, 1.82) is 0 Å². The molecule has 53 heavy (non-hydrogen) atoms. The number of aliphatic hydroxyl groups is 1. The minimum atomic E-state index is -1.17. The molecule has 1 aromatic carbocycles. The molecule has 0 spiro atoms. The summed E-state index contributed by atoms with van der Waals surface area (Å²) >= 11 is 0. The maximum Gasteiger partial charge on any atom is 0.408 e. The predicted molar refractivity (Wildman–Crippen MR) is 198 cm³/mol. The molecule has 14 nitrogen and oxygen atoms in total. The standard InChI is InChI=1S/C39H64N4O10/c1-12-30-39(7)33(42-37(47)53-39)25(5)41-19-22(2)18-38(6,49-11)34(23(3)31(44)24(4)35(46)51-30)52-36-32(45)29(43(8)9)17-28(50-36)21-40-20-26-14-13-15-27(16-26)48-10/h13-16,22-25,28-30,32-34,36,40-41,45H,12,17-21H2,1-11H3,(H,42,47)/t22-,23+,24?,25-,28?,29?,30-,32?,33-,34-,36+,38-,39-/m1/s1. The van der Waals surface area contributed by atoms with Crippen LogP contribution in [0.1, 0.15) is 73.3 Å². The van der Waals surface area contributed by atoms with Crippen molar-refractivity contribution in [3.8, 4) is 5.75 Å². The Morgan fingerprint density at radius 3 is 2.45 bits per heavy atom. The Labute approximate surface area is 315 Å². The third kappa shape index (κ3) is 9.88. The number of nitrogens with one attached hydrogen (secondary N) is 3. The first-order valence-electron chi connectivity index (χ1n) is 19.0. The minimum absolute atomic E-state index is 0.00256. The highest BCUT2D eigenvalue weighted by Crippen LogP contribution is 2.37. The van der Waals surface area contributed by atoms with Gasteiger partial charge in [-0.15, -0.1) is 0 Å². The third-order valence-electron chi connectivity index (χ3n) is 11.5. The molecule has 3 aliphatic heterocycles. The van der Waals surface area contributed by atoms with E-state index in [2.05, 4.69) is 22.9 Å². The van der Waals surface area contributed by atoms with Gasteiger partial charge in [-0.25, -0.2) is 4.79 Å². The van der Waals surface area contributed by atoms with Crippen LogP contribution in [-0.4, -0.2) is 129 Å². The topological polar surface area (TPSA) is 166 Å². The van der Waals surface area contributed by atoms with Crippen molar-refractivity contribution in [1.82, 2.24) is 20.9 Å². The number of alkyl carbamates (subject to hydrolysis) is 1. The summed E-state index contributed by atoms with van der Waals surface area (Å²) in [7, 11) is 7.03. The van der Waals surface area contributed by atoms with E-state index in [0.29, 0.717) is 38.9 Å². The van der Waals surface area contributed by atoms with Crippen LogP contribution < -0.4 is 20.7 Å². The number of methoxy groups -OCH3 is 2. The molecule has 13 atom stereocenters. The van der Waals surface area contributed by atoms with Crippen molar-refractivity contribution in [2.75, 3.05) is 41.4 Å². The molecule has 1 amide bonds. The highest BCUT2D eigenvalue weighted by molar-refractivity contribution is 6.00. The molecule has 4 unspecified atom stereocenters. The second-order valence-electron chi connectivity index (χ2n) is 15.9. The lowest BCUT2D eigenvalue weighted by Gasteiger charge is -2.47. The van der Waals surface area contributed by atoms with Gasteiger partial charge in [0, 0.05) is 38.2 Å². The molecular formula is C39H64N4O10. The number of amides is 1. The van der Waals surface area contributed by atoms with E-state index in [1.54, 1.807) is 28.1 Å². The van der Waals surface area contributed by atoms with Gasteiger partial charge in [0.25, 0.3) is 0 Å². The normalized spacial score (nSPS) is 39.0. The summed E-state index contributed by atoms with van der Waals surface area (Å²) in [5, 5.41) is 21.6. The number of ether oxygens (including phenoxy) is 6. The number of fused-ring (bicyclic) bond motifs is 1. The van der Waals surface area contributed by atoms with Crippen LogP contribution in [0.3, 0.4) is 0 Å². The molecule has 3 aliphatic rings. The zero-order chi connectivity index (χ0) is 39.2. The summed E-state index contributed by atoms with van der Waals surface area (Å²) in [6, 6.07) is 6.77. The zero-order valence-corrected chi connectivity index (χ0v) is 33.5. The Kier molecular flexibility index (Phi) is 14.7. The maximum absolute atomic E-state index is 14.3. The quantitative estimate of drug-likeness (QED) is 0.204. The van der Waals surface area contributed by atoms with E-state index in [4.69, 9.17) is 28.4 Å². The number of aliphatic hydroxyl groups excluding tert-OH is 1. The fourth-order valence-electron chi connectivity index (χ4n) is 8.31. The van der Waals surface area contributed by atoms with Gasteiger partial charge in [0.15, 0.2) is 17.7 Å². The summed E-state index contributed by atoms with van der Waals surface area (Å²) in [6.07, 6.45) is -3.41. The predicted octanol–water partition coefficient (Wildman–Crippen LogP) is 3.03. The molecule has 0 saturated carbocycles. The van der Waals surface area contributed by atoms with Crippen molar-refractivity contribution >= 4 is 17.8 Å². The Morgan fingerprint density at radius 2 is 1.81 bits per heavy atom. The third-order valence-corrected chi connectivity index (χ3v) is 11.5. The lowest BCUT2D eigenvalue weighted by Crippen LogP contribution is -2.60. The molecule has 0 bridgehead atoms. The fraction of sp³-hybridized carbons (Fsp3) is 0.769. The number of cyclic esters (lactones) is 1. The van der Waals surface area contributed by atoms with Crippen molar-refractivity contribution in [3.63, 3.8) is 0 Å². The second-order valence-corrected chi connectivity index (χ2v) is 15.9. The number of Topliss-reactive ketones (excluding diaryl/α,β-unsaturated/α-hetero) is 1. The van der Waals surface area contributed by atoms with Gasteiger partial charge in [-0.2, -0.15) is 0 Å². The molecular weight excluding hydrogens is 684 g/mol. The van der Waals surface area contributed by atoms with Gasteiger partial charge in [-0.05, 0) is 91.2 Å². The Hall–Kier alpha value is -2.85. The van der Waals surface area contributed by atoms with Crippen molar-refractivity contribution in [2.24, 2.45) is 17.8 Å². The summed E-state index contributed by atoms with van der Waals surface area (Å²) < 4.78 is 36.6. The number of benzene rings is 1. The van der Waals surface area contributed by atoms with Gasteiger partial charge >= 0.3 is 12.1 Å². The second kappa shape index (κ2) is 18.2. The highest BCUT2D eigenvalue weighted by atomic mass is 16.7. The number of hydrogen-bond donors (Lipinski definition) is 4. The largest absolute Gasteiger partial charge is 0.497 e. The van der Waals surface area contributed by atoms with Crippen LogP contribution in [0, 0.1) is 17.8 Å². The van der Waals surface area contributed by atoms with Gasteiger partial charge < -0.3 is 54.4 Å². The number of ketones is 1. The zero-order valence-electron chi connectivity index (χ0n) is 33.5. The van der Waals surface area contributed by atoms with E-state index in [0.717, 1.165) is 11.3 Å². The average molecular weight is 749 g/mol. The van der Waals surface area contributed by atoms with Gasteiger partial charge in [-0.3, -0.25) is 9.59 Å². The van der Waals surface area contributed by atoms with Crippen LogP contribution in [-0.2, 0) is 39.8 Å². The SMILES string of the molecule is CC[C@H]1OC(=O)C(C)C(=O)[C@H](C)[C@@H](O[C@@H]2OC(CNCc3cccc(OC)c3)CC(N(C)C)C2O)[C@](C)(OC)C[C@@H](C)CN[C@H](C)[C@H]2NC(=O)O[C@@]21C. The number of esters is 1. The lowest BCUT2D eigenvalue weighted by molar-refractivity contribution is -0.297. The fourth-order valence-corrected chi connectivity index (χ4v) is 8.31. The van der Waals surface area contributed by atoms with E-state index >= 15 is 0 Å². The highest BCUT2D eigenvalue weighted by Gasteiger charge is 2.55. The van der Waals surface area contributed by atoms with Crippen LogP contribution in [0.25, 0.3) is 0 Å². The van der Waals surface area contributed by atoms with Crippen LogP contribution in [0.5, 0.6) is 5.75 Å².